The van der Waals surface area contributed by atoms with E-state index < -0.39 is 10.0 Å². The summed E-state index contributed by atoms with van der Waals surface area (Å²) in [5.41, 5.74) is 1.32. The van der Waals surface area contributed by atoms with Crippen LogP contribution in [-0.2, 0) is 10.0 Å². The average Bonchev–Trinajstić information content (AvgIpc) is 2.69. The van der Waals surface area contributed by atoms with Crippen LogP contribution in [0, 0.1) is 5.92 Å². The standard InChI is InChI=1S/C21H33N3O3S/c1-16-9-5-6-10-19(16)22-21(25)18-15-17(28(26,27)23(2)3)11-12-20(18)24-13-7-4-8-14-24/h11-12,15-16,19H,4-10,13-14H2,1-3H3,(H,22,25)/t16-,19-/m0/s1. The van der Waals surface area contributed by atoms with E-state index in [4.69, 9.17) is 0 Å². The molecule has 0 spiro atoms. The van der Waals surface area contributed by atoms with Gasteiger partial charge >= 0.3 is 0 Å². The Hall–Kier alpha value is -1.60. The lowest BCUT2D eigenvalue weighted by Crippen LogP contribution is -2.42. The first-order valence-corrected chi connectivity index (χ1v) is 11.9. The Morgan fingerprint density at radius 3 is 2.39 bits per heavy atom. The number of anilines is 1. The molecule has 1 aliphatic carbocycles. The van der Waals surface area contributed by atoms with Crippen LogP contribution in [0.3, 0.4) is 0 Å². The third-order valence-electron chi connectivity index (χ3n) is 6.12. The zero-order chi connectivity index (χ0) is 20.3. The molecule has 1 aliphatic heterocycles. The number of amides is 1. The van der Waals surface area contributed by atoms with E-state index in [2.05, 4.69) is 17.1 Å². The summed E-state index contributed by atoms with van der Waals surface area (Å²) < 4.78 is 26.4. The molecule has 156 valence electrons. The summed E-state index contributed by atoms with van der Waals surface area (Å²) in [6, 6.07) is 5.15. The van der Waals surface area contributed by atoms with Crippen molar-refractivity contribution in [3.05, 3.63) is 23.8 Å². The van der Waals surface area contributed by atoms with Gasteiger partial charge in [0.05, 0.1) is 10.5 Å². The summed E-state index contributed by atoms with van der Waals surface area (Å²) in [4.78, 5) is 15.6. The second kappa shape index (κ2) is 8.82. The Balaban J connectivity index is 1.95. The van der Waals surface area contributed by atoms with E-state index in [9.17, 15) is 13.2 Å². The highest BCUT2D eigenvalue weighted by atomic mass is 32.2. The molecule has 0 unspecified atom stereocenters. The maximum Gasteiger partial charge on any atom is 0.253 e. The fourth-order valence-corrected chi connectivity index (χ4v) is 5.18. The second-order valence-corrected chi connectivity index (χ2v) is 10.5. The van der Waals surface area contributed by atoms with Gasteiger partial charge in [0.2, 0.25) is 10.0 Å². The minimum Gasteiger partial charge on any atom is -0.371 e. The smallest absolute Gasteiger partial charge is 0.253 e. The summed E-state index contributed by atoms with van der Waals surface area (Å²) in [7, 11) is -0.567. The van der Waals surface area contributed by atoms with Gasteiger partial charge in [0.25, 0.3) is 5.91 Å². The topological polar surface area (TPSA) is 69.7 Å². The van der Waals surface area contributed by atoms with Gasteiger partial charge in [-0.2, -0.15) is 0 Å². The summed E-state index contributed by atoms with van der Waals surface area (Å²) in [5.74, 6) is 0.292. The van der Waals surface area contributed by atoms with Crippen LogP contribution >= 0.6 is 0 Å². The van der Waals surface area contributed by atoms with Crippen molar-refractivity contribution < 1.29 is 13.2 Å². The maximum absolute atomic E-state index is 13.2. The highest BCUT2D eigenvalue weighted by Gasteiger charge is 2.27. The van der Waals surface area contributed by atoms with Gasteiger partial charge in [0.1, 0.15) is 0 Å². The minimum atomic E-state index is -3.59. The van der Waals surface area contributed by atoms with Crippen molar-refractivity contribution in [2.75, 3.05) is 32.1 Å². The highest BCUT2D eigenvalue weighted by molar-refractivity contribution is 7.89. The summed E-state index contributed by atoms with van der Waals surface area (Å²) in [6.07, 6.45) is 7.84. The van der Waals surface area contributed by atoms with Crippen molar-refractivity contribution in [1.29, 1.82) is 0 Å². The van der Waals surface area contributed by atoms with Crippen molar-refractivity contribution in [1.82, 2.24) is 9.62 Å². The van der Waals surface area contributed by atoms with Gasteiger partial charge in [0, 0.05) is 38.9 Å². The first-order valence-electron chi connectivity index (χ1n) is 10.4. The first-order chi connectivity index (χ1) is 13.3. The molecule has 6 nitrogen and oxygen atoms in total. The van der Waals surface area contributed by atoms with E-state index >= 15 is 0 Å². The quantitative estimate of drug-likeness (QED) is 0.814. The molecule has 2 aliphatic rings. The van der Waals surface area contributed by atoms with Crippen LogP contribution in [0.15, 0.2) is 23.1 Å². The third kappa shape index (κ3) is 4.51. The predicted molar refractivity (Wildman–Crippen MR) is 112 cm³/mol. The third-order valence-corrected chi connectivity index (χ3v) is 7.93. The number of hydrogen-bond donors (Lipinski definition) is 1. The summed E-state index contributed by atoms with van der Waals surface area (Å²) in [5, 5.41) is 3.20. The van der Waals surface area contributed by atoms with Gasteiger partial charge in [-0.1, -0.05) is 19.8 Å². The molecule has 0 aromatic heterocycles. The van der Waals surface area contributed by atoms with Crippen LogP contribution in [0.2, 0.25) is 0 Å². The number of sulfonamides is 1. The van der Waals surface area contributed by atoms with Crippen LogP contribution in [0.25, 0.3) is 0 Å². The van der Waals surface area contributed by atoms with Crippen molar-refractivity contribution in [3.8, 4) is 0 Å². The minimum absolute atomic E-state index is 0.157. The lowest BCUT2D eigenvalue weighted by Gasteiger charge is -2.32. The van der Waals surface area contributed by atoms with E-state index in [0.717, 1.165) is 50.9 Å². The molecule has 3 rings (SSSR count). The molecular weight excluding hydrogens is 374 g/mol. The number of hydrogen-bond acceptors (Lipinski definition) is 4. The Labute approximate surface area is 169 Å². The first kappa shape index (κ1) is 21.1. The lowest BCUT2D eigenvalue weighted by molar-refractivity contribution is 0.0910. The fraction of sp³-hybridized carbons (Fsp3) is 0.667. The van der Waals surface area contributed by atoms with Gasteiger partial charge < -0.3 is 10.2 Å². The molecule has 0 bridgehead atoms. The predicted octanol–water partition coefficient (Wildman–Crippen LogP) is 3.24. The van der Waals surface area contributed by atoms with Gasteiger partial charge in [-0.05, 0) is 56.2 Å². The molecule has 1 heterocycles. The summed E-state index contributed by atoms with van der Waals surface area (Å²) in [6.45, 7) is 3.99. The van der Waals surface area contributed by atoms with E-state index in [1.165, 1.54) is 31.2 Å². The van der Waals surface area contributed by atoms with E-state index in [0.29, 0.717) is 11.5 Å². The molecule has 1 saturated carbocycles. The molecule has 1 amide bonds. The number of piperidine rings is 1. The molecule has 1 aromatic carbocycles. The van der Waals surface area contributed by atoms with Crippen LogP contribution in [0.4, 0.5) is 5.69 Å². The molecule has 7 heteroatoms. The number of nitrogens with zero attached hydrogens (tertiary/aromatic N) is 2. The van der Waals surface area contributed by atoms with Crippen molar-refractivity contribution in [3.63, 3.8) is 0 Å². The molecule has 2 fully saturated rings. The van der Waals surface area contributed by atoms with Crippen LogP contribution in [0.1, 0.15) is 62.2 Å². The molecule has 0 radical (unpaired) electrons. The lowest BCUT2D eigenvalue weighted by atomic mass is 9.86. The number of benzene rings is 1. The maximum atomic E-state index is 13.2. The molecule has 1 aromatic rings. The molecule has 1 N–H and O–H groups in total. The van der Waals surface area contributed by atoms with Gasteiger partial charge in [-0.25, -0.2) is 12.7 Å². The SMILES string of the molecule is C[C@H]1CCCC[C@@H]1NC(=O)c1cc(S(=O)(=O)N(C)C)ccc1N1CCCCC1. The van der Waals surface area contributed by atoms with Gasteiger partial charge in [0.15, 0.2) is 0 Å². The molecular formula is C21H33N3O3S. The zero-order valence-corrected chi connectivity index (χ0v) is 18.1. The van der Waals surface area contributed by atoms with Crippen LogP contribution < -0.4 is 10.2 Å². The molecule has 1 saturated heterocycles. The second-order valence-electron chi connectivity index (χ2n) is 8.36. The normalized spacial score (nSPS) is 23.6. The van der Waals surface area contributed by atoms with E-state index in [-0.39, 0.29) is 16.8 Å². The molecule has 28 heavy (non-hydrogen) atoms. The summed E-state index contributed by atoms with van der Waals surface area (Å²) >= 11 is 0. The highest BCUT2D eigenvalue weighted by Crippen LogP contribution is 2.29. The van der Waals surface area contributed by atoms with Crippen molar-refractivity contribution in [2.24, 2.45) is 5.92 Å². The van der Waals surface area contributed by atoms with E-state index in [1.807, 2.05) is 0 Å². The van der Waals surface area contributed by atoms with Crippen LogP contribution in [-0.4, -0.2) is 51.9 Å². The number of carbonyl (C=O) groups excluding carboxylic acids is 1. The van der Waals surface area contributed by atoms with Crippen molar-refractivity contribution >= 4 is 21.6 Å². The van der Waals surface area contributed by atoms with E-state index in [1.54, 1.807) is 18.2 Å². The number of carbonyl (C=O) groups is 1. The molecule has 2 atom stereocenters. The Bertz CT molecular complexity index is 801. The average molecular weight is 408 g/mol. The Morgan fingerprint density at radius 1 is 1.07 bits per heavy atom. The fourth-order valence-electron chi connectivity index (χ4n) is 4.26. The van der Waals surface area contributed by atoms with Gasteiger partial charge in [-0.15, -0.1) is 0 Å². The monoisotopic (exact) mass is 407 g/mol. The number of rotatable bonds is 5. The Kier molecular flexibility index (Phi) is 6.65. The largest absolute Gasteiger partial charge is 0.371 e. The Morgan fingerprint density at radius 2 is 1.75 bits per heavy atom. The van der Waals surface area contributed by atoms with Crippen molar-refractivity contribution in [2.45, 2.75) is 62.8 Å². The van der Waals surface area contributed by atoms with Crippen LogP contribution in [0.5, 0.6) is 0 Å². The van der Waals surface area contributed by atoms with Gasteiger partial charge in [-0.3, -0.25) is 4.79 Å². The number of nitrogens with one attached hydrogen (secondary N) is 1. The zero-order valence-electron chi connectivity index (χ0n) is 17.3.